The first kappa shape index (κ1) is 12.8. The van der Waals surface area contributed by atoms with Gasteiger partial charge in [-0.05, 0) is 40.0 Å². The zero-order valence-electron chi connectivity index (χ0n) is 11.0. The van der Waals surface area contributed by atoms with Crippen molar-refractivity contribution in [1.29, 1.82) is 5.26 Å². The Morgan fingerprint density at radius 1 is 1.41 bits per heavy atom. The molecular weight excluding hydrogens is 218 g/mol. The van der Waals surface area contributed by atoms with E-state index in [-0.39, 0.29) is 12.2 Å². The van der Waals surface area contributed by atoms with E-state index < -0.39 is 16.6 Å². The van der Waals surface area contributed by atoms with Gasteiger partial charge in [0.25, 0.3) is 0 Å². The number of aliphatic hydroxyl groups is 1. The molecule has 0 saturated carbocycles. The molecule has 0 aromatic carbocycles. The van der Waals surface area contributed by atoms with E-state index in [1.165, 1.54) is 0 Å². The zero-order chi connectivity index (χ0) is 12.9. The minimum Gasteiger partial charge on any atom is -0.385 e. The lowest BCUT2D eigenvalue weighted by atomic mass is 9.59. The zero-order valence-corrected chi connectivity index (χ0v) is 11.0. The molecule has 4 unspecified atom stereocenters. The smallest absolute Gasteiger partial charge is 0.117 e. The van der Waals surface area contributed by atoms with E-state index in [1.807, 2.05) is 13.8 Å². The largest absolute Gasteiger partial charge is 0.385 e. The lowest BCUT2D eigenvalue weighted by molar-refractivity contribution is -0.198. The maximum Gasteiger partial charge on any atom is 0.117 e. The van der Waals surface area contributed by atoms with Crippen LogP contribution in [0.2, 0.25) is 0 Å². The van der Waals surface area contributed by atoms with Gasteiger partial charge in [0, 0.05) is 7.11 Å². The molecule has 2 saturated heterocycles. The number of ether oxygens (including phenoxy) is 2. The quantitative estimate of drug-likeness (QED) is 0.813. The van der Waals surface area contributed by atoms with E-state index >= 15 is 0 Å². The van der Waals surface area contributed by atoms with Gasteiger partial charge in [-0.3, -0.25) is 0 Å². The molecular formula is C13H21NO3. The summed E-state index contributed by atoms with van der Waals surface area (Å²) in [7, 11) is 1.56. The highest BCUT2D eigenvalue weighted by Crippen LogP contribution is 2.56. The van der Waals surface area contributed by atoms with Gasteiger partial charge in [-0.15, -0.1) is 0 Å². The highest BCUT2D eigenvalue weighted by atomic mass is 16.5. The number of nitriles is 1. The Balaban J connectivity index is 2.40. The lowest BCUT2D eigenvalue weighted by Gasteiger charge is -2.49. The van der Waals surface area contributed by atoms with Gasteiger partial charge in [0.1, 0.15) is 11.0 Å². The fourth-order valence-corrected chi connectivity index (χ4v) is 3.18. The van der Waals surface area contributed by atoms with Gasteiger partial charge in [0.05, 0.1) is 23.9 Å². The summed E-state index contributed by atoms with van der Waals surface area (Å²) < 4.78 is 11.2. The first-order valence-corrected chi connectivity index (χ1v) is 6.15. The Bertz CT molecular complexity index is 358. The fourth-order valence-electron chi connectivity index (χ4n) is 3.18. The Hall–Kier alpha value is -0.630. The topological polar surface area (TPSA) is 62.5 Å². The molecule has 4 heteroatoms. The summed E-state index contributed by atoms with van der Waals surface area (Å²) >= 11 is 0. The third-order valence-corrected chi connectivity index (χ3v) is 4.96. The molecule has 0 aromatic rings. The molecule has 0 aromatic heterocycles. The molecule has 4 atom stereocenters. The molecule has 96 valence electrons. The highest BCUT2D eigenvalue weighted by molar-refractivity contribution is 5.23. The summed E-state index contributed by atoms with van der Waals surface area (Å²) in [6.45, 7) is 5.33. The van der Waals surface area contributed by atoms with E-state index in [4.69, 9.17) is 9.47 Å². The van der Waals surface area contributed by atoms with E-state index in [9.17, 15) is 10.4 Å². The second-order valence-corrected chi connectivity index (χ2v) is 5.90. The summed E-state index contributed by atoms with van der Waals surface area (Å²) in [5.74, 6) is 0. The Morgan fingerprint density at radius 3 is 2.41 bits per heavy atom. The first-order valence-electron chi connectivity index (χ1n) is 6.15. The number of fused-ring (bicyclic) bond motifs is 2. The molecule has 1 N–H and O–H groups in total. The summed E-state index contributed by atoms with van der Waals surface area (Å²) in [6, 6.07) is 2.33. The molecule has 4 nitrogen and oxygen atoms in total. The average molecular weight is 239 g/mol. The monoisotopic (exact) mass is 239 g/mol. The molecule has 2 aliphatic rings. The van der Waals surface area contributed by atoms with E-state index in [0.29, 0.717) is 6.42 Å². The molecule has 2 fully saturated rings. The molecule has 0 aliphatic carbocycles. The van der Waals surface area contributed by atoms with E-state index in [1.54, 1.807) is 14.0 Å². The molecule has 2 aliphatic heterocycles. The van der Waals surface area contributed by atoms with Crippen molar-refractivity contribution in [3.8, 4) is 6.07 Å². The van der Waals surface area contributed by atoms with Crippen molar-refractivity contribution in [2.75, 3.05) is 7.11 Å². The predicted molar refractivity (Wildman–Crippen MR) is 62.3 cm³/mol. The number of hydrogen-bond acceptors (Lipinski definition) is 4. The van der Waals surface area contributed by atoms with Crippen molar-refractivity contribution < 1.29 is 14.6 Å². The lowest BCUT2D eigenvalue weighted by Crippen LogP contribution is -2.63. The van der Waals surface area contributed by atoms with Gasteiger partial charge in [0.2, 0.25) is 0 Å². The van der Waals surface area contributed by atoms with Crippen molar-refractivity contribution in [2.45, 2.75) is 63.4 Å². The van der Waals surface area contributed by atoms with Crippen LogP contribution in [-0.2, 0) is 9.47 Å². The van der Waals surface area contributed by atoms with Crippen LogP contribution in [0, 0.1) is 16.7 Å². The van der Waals surface area contributed by atoms with Gasteiger partial charge in [-0.2, -0.15) is 5.26 Å². The molecule has 2 rings (SSSR count). The number of hydrogen-bond donors (Lipinski definition) is 1. The Morgan fingerprint density at radius 2 is 2.06 bits per heavy atom. The third kappa shape index (κ3) is 1.46. The van der Waals surface area contributed by atoms with E-state index in [2.05, 4.69) is 6.07 Å². The fraction of sp³-hybridized carbons (Fsp3) is 0.923. The maximum atomic E-state index is 10.9. The Kier molecular flexibility index (Phi) is 2.77. The maximum absolute atomic E-state index is 10.9. The third-order valence-electron chi connectivity index (χ3n) is 4.96. The molecule has 0 spiro atoms. The molecule has 2 heterocycles. The normalized spacial score (nSPS) is 40.0. The summed E-state index contributed by atoms with van der Waals surface area (Å²) in [4.78, 5) is 0. The number of nitrogens with zero attached hydrogens (tertiary/aromatic N) is 1. The van der Waals surface area contributed by atoms with Crippen LogP contribution < -0.4 is 0 Å². The van der Waals surface area contributed by atoms with Crippen LogP contribution in [0.3, 0.4) is 0 Å². The van der Waals surface area contributed by atoms with Crippen molar-refractivity contribution >= 4 is 0 Å². The second kappa shape index (κ2) is 3.68. The number of rotatable bonds is 3. The Labute approximate surface area is 103 Å². The van der Waals surface area contributed by atoms with Gasteiger partial charge in [-0.1, -0.05) is 0 Å². The molecule has 0 amide bonds. The van der Waals surface area contributed by atoms with Crippen molar-refractivity contribution in [1.82, 2.24) is 0 Å². The van der Waals surface area contributed by atoms with Gasteiger partial charge in [-0.25, -0.2) is 0 Å². The van der Waals surface area contributed by atoms with Crippen LogP contribution in [0.5, 0.6) is 0 Å². The molecule has 17 heavy (non-hydrogen) atoms. The van der Waals surface area contributed by atoms with E-state index in [0.717, 1.165) is 12.8 Å². The number of methoxy groups -OCH3 is 1. The summed E-state index contributed by atoms with van der Waals surface area (Å²) in [5.41, 5.74) is -2.87. The van der Waals surface area contributed by atoms with Crippen molar-refractivity contribution in [3.63, 3.8) is 0 Å². The first-order chi connectivity index (χ1) is 7.80. The minimum absolute atomic E-state index is 0.124. The summed E-state index contributed by atoms with van der Waals surface area (Å²) in [5, 5.41) is 20.5. The van der Waals surface area contributed by atoms with Gasteiger partial charge < -0.3 is 14.6 Å². The van der Waals surface area contributed by atoms with Crippen LogP contribution in [0.1, 0.15) is 40.0 Å². The summed E-state index contributed by atoms with van der Waals surface area (Å²) in [6.07, 6.45) is 2.42. The van der Waals surface area contributed by atoms with Crippen LogP contribution >= 0.6 is 0 Å². The van der Waals surface area contributed by atoms with Crippen LogP contribution in [0.4, 0.5) is 0 Å². The van der Waals surface area contributed by atoms with Crippen LogP contribution in [0.15, 0.2) is 0 Å². The highest BCUT2D eigenvalue weighted by Gasteiger charge is 2.66. The average Bonchev–Trinajstić information content (AvgIpc) is 2.88. The molecule has 0 radical (unpaired) electrons. The van der Waals surface area contributed by atoms with Crippen molar-refractivity contribution in [2.24, 2.45) is 5.41 Å². The van der Waals surface area contributed by atoms with Gasteiger partial charge in [0.15, 0.2) is 0 Å². The van der Waals surface area contributed by atoms with Crippen LogP contribution in [0.25, 0.3) is 0 Å². The van der Waals surface area contributed by atoms with Gasteiger partial charge >= 0.3 is 0 Å². The minimum atomic E-state index is -1.23. The van der Waals surface area contributed by atoms with Crippen LogP contribution in [-0.4, -0.2) is 35.6 Å². The van der Waals surface area contributed by atoms with Crippen molar-refractivity contribution in [3.05, 3.63) is 0 Å². The standard InChI is InChI=1S/C13H21NO3/c1-11(2,16-4)12(3,15)13(8-14)7-9-5-6-10(13)17-9/h9-10,15H,5-7H2,1-4H3. The second-order valence-electron chi connectivity index (χ2n) is 5.90. The SMILES string of the molecule is COC(C)(C)C(C)(O)C1(C#N)CC2CCC1O2. The molecule has 2 bridgehead atoms. The predicted octanol–water partition coefficient (Wildman–Crippen LogP) is 1.62.